The summed E-state index contributed by atoms with van der Waals surface area (Å²) in [5, 5.41) is 6.33. The lowest BCUT2D eigenvalue weighted by atomic mass is 10.1. The first-order valence-corrected chi connectivity index (χ1v) is 9.78. The minimum atomic E-state index is -0.0556. The molecule has 1 amide bonds. The molecule has 0 atom stereocenters. The summed E-state index contributed by atoms with van der Waals surface area (Å²) in [5.41, 5.74) is 4.36. The molecule has 0 radical (unpaired) electrons. The quantitative estimate of drug-likeness (QED) is 0.620. The predicted octanol–water partition coefficient (Wildman–Crippen LogP) is 4.25. The fourth-order valence-electron chi connectivity index (χ4n) is 3.34. The van der Waals surface area contributed by atoms with Gasteiger partial charge in [0.1, 0.15) is 0 Å². The van der Waals surface area contributed by atoms with Crippen LogP contribution in [-0.2, 0) is 4.79 Å². The second-order valence-corrected chi connectivity index (χ2v) is 7.12. The number of pyridine rings is 1. The molecule has 6 nitrogen and oxygen atoms in total. The lowest BCUT2D eigenvalue weighted by Gasteiger charge is -2.18. The van der Waals surface area contributed by atoms with Gasteiger partial charge in [0.05, 0.1) is 11.4 Å². The maximum absolute atomic E-state index is 12.2. The number of aryl methyl sites for hydroxylation is 2. The summed E-state index contributed by atoms with van der Waals surface area (Å²) in [6.45, 7) is 11.1. The highest BCUT2D eigenvalue weighted by Crippen LogP contribution is 2.29. The van der Waals surface area contributed by atoms with Crippen LogP contribution in [0.2, 0.25) is 5.02 Å². The van der Waals surface area contributed by atoms with Crippen molar-refractivity contribution in [1.29, 1.82) is 0 Å². The molecule has 0 spiro atoms. The summed E-state index contributed by atoms with van der Waals surface area (Å²) >= 11 is 6.30. The van der Waals surface area contributed by atoms with Crippen molar-refractivity contribution in [1.82, 2.24) is 19.7 Å². The van der Waals surface area contributed by atoms with Gasteiger partial charge in [-0.25, -0.2) is 4.68 Å². The Kier molecular flexibility index (Phi) is 5.89. The molecule has 148 valence electrons. The third-order valence-electron chi connectivity index (χ3n) is 4.91. The van der Waals surface area contributed by atoms with Crippen molar-refractivity contribution in [3.63, 3.8) is 0 Å². The molecule has 28 heavy (non-hydrogen) atoms. The molecule has 7 heteroatoms. The second-order valence-electron chi connectivity index (χ2n) is 6.71. The average molecular weight is 401 g/mol. The SMILES string of the molecule is CCN(CC)C(=O)COc1cc(C)c2c(C)nn(-c3cccc(Cl)c3C)c2n1. The van der Waals surface area contributed by atoms with Crippen LogP contribution in [0.3, 0.4) is 0 Å². The summed E-state index contributed by atoms with van der Waals surface area (Å²) in [7, 11) is 0. The number of aromatic nitrogens is 3. The Morgan fingerprint density at radius 1 is 1.21 bits per heavy atom. The number of nitrogens with zero attached hydrogens (tertiary/aromatic N) is 4. The molecule has 0 aliphatic heterocycles. The van der Waals surface area contributed by atoms with E-state index in [0.717, 1.165) is 27.9 Å². The number of fused-ring (bicyclic) bond motifs is 1. The van der Waals surface area contributed by atoms with Gasteiger partial charge in [0.25, 0.3) is 5.91 Å². The topological polar surface area (TPSA) is 60.3 Å². The van der Waals surface area contributed by atoms with Crippen molar-refractivity contribution in [3.05, 3.63) is 46.1 Å². The number of ether oxygens (including phenoxy) is 1. The fraction of sp³-hybridized carbons (Fsp3) is 0.381. The molecule has 0 unspecified atom stereocenters. The van der Waals surface area contributed by atoms with Crippen LogP contribution >= 0.6 is 11.6 Å². The van der Waals surface area contributed by atoms with E-state index in [0.29, 0.717) is 29.6 Å². The number of halogens is 1. The van der Waals surface area contributed by atoms with E-state index in [9.17, 15) is 4.79 Å². The highest BCUT2D eigenvalue weighted by molar-refractivity contribution is 6.31. The molecule has 3 aromatic rings. The van der Waals surface area contributed by atoms with Crippen molar-refractivity contribution in [2.75, 3.05) is 19.7 Å². The van der Waals surface area contributed by atoms with Gasteiger partial charge in [-0.3, -0.25) is 4.79 Å². The van der Waals surface area contributed by atoms with Gasteiger partial charge in [-0.15, -0.1) is 0 Å². The van der Waals surface area contributed by atoms with Gasteiger partial charge in [-0.2, -0.15) is 10.1 Å². The number of amides is 1. The van der Waals surface area contributed by atoms with Gasteiger partial charge >= 0.3 is 0 Å². The van der Waals surface area contributed by atoms with E-state index < -0.39 is 0 Å². The zero-order valence-electron chi connectivity index (χ0n) is 16.9. The van der Waals surface area contributed by atoms with Crippen LogP contribution < -0.4 is 4.74 Å². The molecule has 1 aromatic carbocycles. The fourth-order valence-corrected chi connectivity index (χ4v) is 3.51. The first-order chi connectivity index (χ1) is 13.4. The lowest BCUT2D eigenvalue weighted by Crippen LogP contribution is -2.34. The van der Waals surface area contributed by atoms with E-state index in [2.05, 4.69) is 10.1 Å². The van der Waals surface area contributed by atoms with Gasteiger partial charge in [0.15, 0.2) is 12.3 Å². The van der Waals surface area contributed by atoms with E-state index in [1.807, 2.05) is 58.9 Å². The zero-order chi connectivity index (χ0) is 20.4. The second kappa shape index (κ2) is 8.19. The van der Waals surface area contributed by atoms with Crippen LogP contribution in [0.5, 0.6) is 5.88 Å². The Bertz CT molecular complexity index is 1020. The molecule has 0 bridgehead atoms. The van der Waals surface area contributed by atoms with Crippen molar-refractivity contribution in [2.24, 2.45) is 0 Å². The zero-order valence-corrected chi connectivity index (χ0v) is 17.7. The summed E-state index contributed by atoms with van der Waals surface area (Å²) in [6, 6.07) is 7.55. The third kappa shape index (κ3) is 3.69. The van der Waals surface area contributed by atoms with E-state index in [1.54, 1.807) is 9.58 Å². The molecule has 0 aliphatic rings. The maximum Gasteiger partial charge on any atom is 0.260 e. The number of carbonyl (C=O) groups is 1. The van der Waals surface area contributed by atoms with Gasteiger partial charge < -0.3 is 9.64 Å². The Labute approximate surface area is 170 Å². The monoisotopic (exact) mass is 400 g/mol. The smallest absolute Gasteiger partial charge is 0.260 e. The summed E-state index contributed by atoms with van der Waals surface area (Å²) in [4.78, 5) is 18.6. The van der Waals surface area contributed by atoms with Crippen LogP contribution in [0.1, 0.15) is 30.7 Å². The number of hydrogen-bond acceptors (Lipinski definition) is 4. The number of carbonyl (C=O) groups excluding carboxylic acids is 1. The Hall–Kier alpha value is -2.60. The van der Waals surface area contributed by atoms with Crippen LogP contribution in [0.4, 0.5) is 0 Å². The molecule has 2 heterocycles. The molecule has 0 saturated heterocycles. The molecule has 0 N–H and O–H groups in total. The first kappa shape index (κ1) is 20.1. The maximum atomic E-state index is 12.2. The standard InChI is InChI=1S/C21H25ClN4O2/c1-6-25(7-2)19(27)12-28-18-11-13(3)20-15(5)24-26(21(20)23-18)17-10-8-9-16(22)14(17)4/h8-11H,6-7,12H2,1-5H3. The van der Waals surface area contributed by atoms with E-state index >= 15 is 0 Å². The normalized spacial score (nSPS) is 11.1. The van der Waals surface area contributed by atoms with Crippen molar-refractivity contribution < 1.29 is 9.53 Å². The van der Waals surface area contributed by atoms with Crippen LogP contribution in [0, 0.1) is 20.8 Å². The van der Waals surface area contributed by atoms with Crippen molar-refractivity contribution in [3.8, 4) is 11.6 Å². The van der Waals surface area contributed by atoms with Gasteiger partial charge in [0, 0.05) is 29.6 Å². The van der Waals surface area contributed by atoms with Crippen LogP contribution in [0.15, 0.2) is 24.3 Å². The van der Waals surface area contributed by atoms with E-state index in [-0.39, 0.29) is 12.5 Å². The largest absolute Gasteiger partial charge is 0.467 e. The number of rotatable bonds is 6. The highest BCUT2D eigenvalue weighted by Gasteiger charge is 2.17. The third-order valence-corrected chi connectivity index (χ3v) is 5.32. The number of hydrogen-bond donors (Lipinski definition) is 0. The Morgan fingerprint density at radius 2 is 1.93 bits per heavy atom. The van der Waals surface area contributed by atoms with Gasteiger partial charge in [-0.1, -0.05) is 17.7 Å². The average Bonchev–Trinajstić information content (AvgIpc) is 3.00. The van der Waals surface area contributed by atoms with Crippen molar-refractivity contribution >= 4 is 28.5 Å². The molecule has 2 aromatic heterocycles. The van der Waals surface area contributed by atoms with Crippen LogP contribution in [0.25, 0.3) is 16.7 Å². The lowest BCUT2D eigenvalue weighted by molar-refractivity contribution is -0.133. The molecule has 0 fully saturated rings. The Balaban J connectivity index is 2.02. The van der Waals surface area contributed by atoms with E-state index in [1.165, 1.54) is 0 Å². The number of benzene rings is 1. The highest BCUT2D eigenvalue weighted by atomic mass is 35.5. The van der Waals surface area contributed by atoms with Gasteiger partial charge in [0.2, 0.25) is 5.88 Å². The predicted molar refractivity (Wildman–Crippen MR) is 112 cm³/mol. The minimum absolute atomic E-state index is 0.0388. The minimum Gasteiger partial charge on any atom is -0.467 e. The van der Waals surface area contributed by atoms with Crippen LogP contribution in [-0.4, -0.2) is 45.3 Å². The molecular weight excluding hydrogens is 376 g/mol. The first-order valence-electron chi connectivity index (χ1n) is 9.40. The van der Waals surface area contributed by atoms with Gasteiger partial charge in [-0.05, 0) is 57.9 Å². The summed E-state index contributed by atoms with van der Waals surface area (Å²) < 4.78 is 7.52. The molecule has 0 aliphatic carbocycles. The Morgan fingerprint density at radius 3 is 2.61 bits per heavy atom. The summed E-state index contributed by atoms with van der Waals surface area (Å²) in [6.07, 6.45) is 0. The van der Waals surface area contributed by atoms with E-state index in [4.69, 9.17) is 16.3 Å². The molecule has 0 saturated carbocycles. The summed E-state index contributed by atoms with van der Waals surface area (Å²) in [5.74, 6) is 0.353. The molecule has 3 rings (SSSR count). The molecular formula is C21H25ClN4O2. The number of likely N-dealkylation sites (N-methyl/N-ethyl adjacent to an activating group) is 1. The van der Waals surface area contributed by atoms with Crippen molar-refractivity contribution in [2.45, 2.75) is 34.6 Å².